The van der Waals surface area contributed by atoms with E-state index in [1.165, 1.54) is 5.56 Å². The Kier molecular flexibility index (Phi) is 4.27. The van der Waals surface area contributed by atoms with Crippen LogP contribution in [0.2, 0.25) is 0 Å². The maximum Gasteiger partial charge on any atom is 0.125 e. The molecule has 0 aromatic heterocycles. The van der Waals surface area contributed by atoms with E-state index in [1.807, 2.05) is 50.2 Å². The Balaban J connectivity index is 2.01. The van der Waals surface area contributed by atoms with E-state index in [1.54, 1.807) is 0 Å². The molecule has 0 aliphatic heterocycles. The molecule has 2 aromatic rings. The lowest BCUT2D eigenvalue weighted by Gasteiger charge is -2.12. The summed E-state index contributed by atoms with van der Waals surface area (Å²) in [6.45, 7) is 4.54. The van der Waals surface area contributed by atoms with E-state index >= 15 is 0 Å². The number of nitrogens with two attached hydrogens (primary N) is 1. The summed E-state index contributed by atoms with van der Waals surface area (Å²) in [5.74, 6) is 0.874. The zero-order chi connectivity index (χ0) is 14.5. The van der Waals surface area contributed by atoms with E-state index in [2.05, 4.69) is 6.07 Å². The monoisotopic (exact) mass is 266 g/mol. The Morgan fingerprint density at radius 3 is 2.25 bits per heavy atom. The first-order valence-corrected chi connectivity index (χ1v) is 6.58. The van der Waals surface area contributed by atoms with Crippen molar-refractivity contribution in [3.63, 3.8) is 0 Å². The van der Waals surface area contributed by atoms with Crippen molar-refractivity contribution in [1.29, 1.82) is 5.26 Å². The van der Waals surface area contributed by atoms with Gasteiger partial charge in [0.2, 0.25) is 0 Å². The number of ether oxygens (including phenoxy) is 1. The van der Waals surface area contributed by atoms with Crippen molar-refractivity contribution in [2.45, 2.75) is 20.3 Å². The fourth-order valence-electron chi connectivity index (χ4n) is 2.20. The third kappa shape index (κ3) is 3.30. The van der Waals surface area contributed by atoms with Crippen LogP contribution in [0.1, 0.15) is 22.3 Å². The molecule has 0 amide bonds. The van der Waals surface area contributed by atoms with Crippen LogP contribution in [0, 0.1) is 25.2 Å². The molecule has 0 saturated heterocycles. The molecule has 0 aliphatic carbocycles. The normalized spacial score (nSPS) is 10.1. The third-order valence-electron chi connectivity index (χ3n) is 3.21. The molecule has 0 spiro atoms. The van der Waals surface area contributed by atoms with Crippen LogP contribution in [-0.4, -0.2) is 6.61 Å². The highest BCUT2D eigenvalue weighted by Crippen LogP contribution is 2.24. The number of nitrogens with zero attached hydrogens (tertiary/aromatic N) is 1. The predicted octanol–water partition coefficient (Wildman–Crippen LogP) is 3.38. The van der Waals surface area contributed by atoms with Gasteiger partial charge < -0.3 is 10.5 Å². The van der Waals surface area contributed by atoms with Crippen LogP contribution < -0.4 is 10.5 Å². The summed E-state index contributed by atoms with van der Waals surface area (Å²) in [5, 5.41) is 8.92. The lowest BCUT2D eigenvalue weighted by Crippen LogP contribution is -2.04. The minimum Gasteiger partial charge on any atom is -0.493 e. The molecule has 0 radical (unpaired) electrons. The Morgan fingerprint density at radius 2 is 1.70 bits per heavy atom. The number of aryl methyl sites for hydroxylation is 2. The molecule has 3 heteroatoms. The van der Waals surface area contributed by atoms with Gasteiger partial charge in [0.15, 0.2) is 0 Å². The number of rotatable bonds is 4. The first-order valence-electron chi connectivity index (χ1n) is 6.58. The Bertz CT molecular complexity index is 616. The fraction of sp³-hybridized carbons (Fsp3) is 0.235. The van der Waals surface area contributed by atoms with E-state index in [0.717, 1.165) is 29.0 Å². The maximum atomic E-state index is 8.92. The van der Waals surface area contributed by atoms with E-state index in [4.69, 9.17) is 15.7 Å². The molecule has 0 heterocycles. The molecule has 2 aromatic carbocycles. The molecule has 0 unspecified atom stereocenters. The number of nitriles is 1. The second-order valence-corrected chi connectivity index (χ2v) is 4.89. The van der Waals surface area contributed by atoms with Gasteiger partial charge in [0.1, 0.15) is 5.75 Å². The summed E-state index contributed by atoms with van der Waals surface area (Å²) >= 11 is 0. The third-order valence-corrected chi connectivity index (χ3v) is 3.21. The molecule has 0 aliphatic rings. The molecule has 0 bridgehead atoms. The number of nitrogen functional groups attached to an aromatic ring is 1. The minimum atomic E-state index is 0.609. The van der Waals surface area contributed by atoms with Gasteiger partial charge in [-0.05, 0) is 54.8 Å². The van der Waals surface area contributed by atoms with Crippen molar-refractivity contribution in [2.75, 3.05) is 12.3 Å². The first kappa shape index (κ1) is 14.0. The van der Waals surface area contributed by atoms with Gasteiger partial charge in [-0.25, -0.2) is 0 Å². The van der Waals surface area contributed by atoms with Gasteiger partial charge in [-0.15, -0.1) is 0 Å². The van der Waals surface area contributed by atoms with Crippen molar-refractivity contribution < 1.29 is 4.74 Å². The second kappa shape index (κ2) is 6.12. The van der Waals surface area contributed by atoms with Crippen LogP contribution in [0.3, 0.4) is 0 Å². The lowest BCUT2D eigenvalue weighted by molar-refractivity contribution is 0.317. The van der Waals surface area contributed by atoms with Crippen molar-refractivity contribution in [2.24, 2.45) is 0 Å². The van der Waals surface area contributed by atoms with E-state index in [-0.39, 0.29) is 0 Å². The minimum absolute atomic E-state index is 0.609. The summed E-state index contributed by atoms with van der Waals surface area (Å²) in [6.07, 6.45) is 0.833. The average molecular weight is 266 g/mol. The summed E-state index contributed by atoms with van der Waals surface area (Å²) < 4.78 is 5.86. The Morgan fingerprint density at radius 1 is 1.10 bits per heavy atom. The van der Waals surface area contributed by atoms with Crippen LogP contribution in [0.4, 0.5) is 5.69 Å². The summed E-state index contributed by atoms with van der Waals surface area (Å²) in [7, 11) is 0. The smallest absolute Gasteiger partial charge is 0.125 e. The van der Waals surface area contributed by atoms with Gasteiger partial charge in [0, 0.05) is 12.1 Å². The highest BCUT2D eigenvalue weighted by molar-refractivity contribution is 5.47. The standard InChI is InChI=1S/C17H18N2O/c1-12-9-15(11-18)10-13(2)17(12)20-8-7-14-3-5-16(19)6-4-14/h3-6,9-10H,7-8,19H2,1-2H3. The Hall–Kier alpha value is -2.47. The van der Waals surface area contributed by atoms with Crippen molar-refractivity contribution in [1.82, 2.24) is 0 Å². The predicted molar refractivity (Wildman–Crippen MR) is 80.7 cm³/mol. The van der Waals surface area contributed by atoms with Gasteiger partial charge in [0.25, 0.3) is 0 Å². The molecular weight excluding hydrogens is 248 g/mol. The van der Waals surface area contributed by atoms with Gasteiger partial charge in [-0.3, -0.25) is 0 Å². The van der Waals surface area contributed by atoms with Gasteiger partial charge in [0.05, 0.1) is 18.2 Å². The molecule has 2 N–H and O–H groups in total. The second-order valence-electron chi connectivity index (χ2n) is 4.89. The largest absolute Gasteiger partial charge is 0.493 e. The summed E-state index contributed by atoms with van der Waals surface area (Å²) in [4.78, 5) is 0. The average Bonchev–Trinajstić information content (AvgIpc) is 2.43. The Labute approximate surface area is 119 Å². The van der Waals surface area contributed by atoms with Crippen LogP contribution in [-0.2, 0) is 6.42 Å². The van der Waals surface area contributed by atoms with Gasteiger partial charge in [-0.2, -0.15) is 5.26 Å². The topological polar surface area (TPSA) is 59.0 Å². The SMILES string of the molecule is Cc1cc(C#N)cc(C)c1OCCc1ccc(N)cc1. The van der Waals surface area contributed by atoms with Crippen LogP contribution >= 0.6 is 0 Å². The fourth-order valence-corrected chi connectivity index (χ4v) is 2.20. The molecule has 3 nitrogen and oxygen atoms in total. The molecule has 102 valence electrons. The molecular formula is C17H18N2O. The quantitative estimate of drug-likeness (QED) is 0.863. The first-order chi connectivity index (χ1) is 9.60. The maximum absolute atomic E-state index is 8.92. The summed E-state index contributed by atoms with van der Waals surface area (Å²) in [5.41, 5.74) is 10.3. The molecule has 0 fully saturated rings. The van der Waals surface area contributed by atoms with E-state index < -0.39 is 0 Å². The number of anilines is 1. The van der Waals surface area contributed by atoms with Crippen LogP contribution in [0.5, 0.6) is 5.75 Å². The zero-order valence-electron chi connectivity index (χ0n) is 11.8. The van der Waals surface area contributed by atoms with E-state index in [0.29, 0.717) is 12.2 Å². The molecule has 0 saturated carbocycles. The van der Waals surface area contributed by atoms with E-state index in [9.17, 15) is 0 Å². The number of hydrogen-bond acceptors (Lipinski definition) is 3. The van der Waals surface area contributed by atoms with Crippen molar-refractivity contribution in [3.8, 4) is 11.8 Å². The molecule has 2 rings (SSSR count). The van der Waals surface area contributed by atoms with Gasteiger partial charge in [-0.1, -0.05) is 12.1 Å². The number of benzene rings is 2. The lowest BCUT2D eigenvalue weighted by atomic mass is 10.1. The van der Waals surface area contributed by atoms with Crippen LogP contribution in [0.25, 0.3) is 0 Å². The van der Waals surface area contributed by atoms with Gasteiger partial charge >= 0.3 is 0 Å². The van der Waals surface area contributed by atoms with Crippen molar-refractivity contribution in [3.05, 3.63) is 58.7 Å². The van der Waals surface area contributed by atoms with Crippen molar-refractivity contribution >= 4 is 5.69 Å². The number of hydrogen-bond donors (Lipinski definition) is 1. The molecule has 20 heavy (non-hydrogen) atoms. The highest BCUT2D eigenvalue weighted by atomic mass is 16.5. The molecule has 0 atom stereocenters. The zero-order valence-corrected chi connectivity index (χ0v) is 11.8. The summed E-state index contributed by atoms with van der Waals surface area (Å²) in [6, 6.07) is 13.7. The highest BCUT2D eigenvalue weighted by Gasteiger charge is 2.06. The van der Waals surface area contributed by atoms with Crippen LogP contribution in [0.15, 0.2) is 36.4 Å².